The van der Waals surface area contributed by atoms with Gasteiger partial charge in [0.25, 0.3) is 5.91 Å². The van der Waals surface area contributed by atoms with Gasteiger partial charge in [-0.15, -0.1) is 16.4 Å². The highest BCUT2D eigenvalue weighted by molar-refractivity contribution is 7.21. The summed E-state index contributed by atoms with van der Waals surface area (Å²) >= 11 is 1.22. The Kier molecular flexibility index (Phi) is 3.73. The monoisotopic (exact) mass is 370 g/mol. The number of hydrogen-bond donors (Lipinski definition) is 1. The lowest BCUT2D eigenvalue weighted by atomic mass is 9.87. The summed E-state index contributed by atoms with van der Waals surface area (Å²) in [5.41, 5.74) is 8.46. The fourth-order valence-corrected chi connectivity index (χ4v) is 4.42. The summed E-state index contributed by atoms with van der Waals surface area (Å²) in [5.74, 6) is -0.247. The van der Waals surface area contributed by atoms with Crippen molar-refractivity contribution >= 4 is 33.1 Å². The smallest absolute Gasteiger partial charge is 0.266 e. The number of anilines is 1. The normalized spacial score (nSPS) is 15.9. The van der Waals surface area contributed by atoms with Crippen molar-refractivity contribution in [2.75, 3.05) is 18.8 Å². The molecule has 1 fully saturated rings. The number of likely N-dealkylation sites (tertiary alicyclic amines) is 1. The summed E-state index contributed by atoms with van der Waals surface area (Å²) < 4.78 is 15.1. The third-order valence-corrected chi connectivity index (χ3v) is 6.11. The number of halogens is 1. The van der Waals surface area contributed by atoms with E-state index in [1.807, 2.05) is 39.0 Å². The second-order valence-corrected chi connectivity index (χ2v) is 7.93. The number of thiophene rings is 1. The molecule has 0 unspecified atom stereocenters. The number of amides is 1. The van der Waals surface area contributed by atoms with Crippen LogP contribution in [-0.2, 0) is 5.67 Å². The van der Waals surface area contributed by atoms with E-state index in [-0.39, 0.29) is 19.0 Å². The summed E-state index contributed by atoms with van der Waals surface area (Å²) in [4.78, 5) is 15.4. The van der Waals surface area contributed by atoms with Crippen molar-refractivity contribution in [3.05, 3.63) is 51.5 Å². The lowest BCUT2D eigenvalue weighted by Gasteiger charge is -2.44. The molecular weight excluding hydrogens is 351 g/mol. The zero-order chi connectivity index (χ0) is 18.6. The van der Waals surface area contributed by atoms with Crippen LogP contribution in [0.2, 0.25) is 0 Å². The zero-order valence-electron chi connectivity index (χ0n) is 14.8. The highest BCUT2D eigenvalue weighted by Gasteiger charge is 2.48. The maximum absolute atomic E-state index is 15.1. The molecule has 3 heterocycles. The fraction of sp³-hybridized carbons (Fsp3) is 0.316. The van der Waals surface area contributed by atoms with E-state index in [0.29, 0.717) is 21.0 Å². The fourth-order valence-electron chi connectivity index (χ4n) is 3.35. The number of hydrogen-bond acceptors (Lipinski definition) is 5. The predicted molar refractivity (Wildman–Crippen MR) is 101 cm³/mol. The van der Waals surface area contributed by atoms with Crippen molar-refractivity contribution in [1.29, 1.82) is 0 Å². The van der Waals surface area contributed by atoms with Crippen molar-refractivity contribution in [1.82, 2.24) is 15.1 Å². The number of aryl methyl sites for hydroxylation is 3. The molecule has 5 nitrogen and oxygen atoms in total. The van der Waals surface area contributed by atoms with Gasteiger partial charge in [0, 0.05) is 5.39 Å². The molecule has 0 aliphatic carbocycles. The summed E-state index contributed by atoms with van der Waals surface area (Å²) in [6.45, 7) is 5.77. The van der Waals surface area contributed by atoms with E-state index in [0.717, 1.165) is 22.2 Å². The third kappa shape index (κ3) is 2.46. The Labute approximate surface area is 154 Å². The molecule has 0 radical (unpaired) electrons. The molecule has 0 atom stereocenters. The highest BCUT2D eigenvalue weighted by atomic mass is 32.1. The number of alkyl halides is 1. The van der Waals surface area contributed by atoms with E-state index in [1.165, 1.54) is 16.2 Å². The highest BCUT2D eigenvalue weighted by Crippen LogP contribution is 2.40. The van der Waals surface area contributed by atoms with E-state index >= 15 is 4.39 Å². The molecule has 0 bridgehead atoms. The van der Waals surface area contributed by atoms with Crippen LogP contribution < -0.4 is 5.73 Å². The molecule has 7 heteroatoms. The molecule has 1 saturated heterocycles. The number of carbonyl (C=O) groups is 1. The number of aromatic nitrogens is 2. The maximum Gasteiger partial charge on any atom is 0.266 e. The largest absolute Gasteiger partial charge is 0.397 e. The van der Waals surface area contributed by atoms with Gasteiger partial charge in [-0.25, -0.2) is 4.39 Å². The Hall–Kier alpha value is -2.54. The molecule has 1 aliphatic rings. The molecule has 26 heavy (non-hydrogen) atoms. The van der Waals surface area contributed by atoms with Crippen molar-refractivity contribution in [3.8, 4) is 0 Å². The Morgan fingerprint density at radius 1 is 1.27 bits per heavy atom. The first kappa shape index (κ1) is 16.9. The molecule has 0 saturated carbocycles. The van der Waals surface area contributed by atoms with Gasteiger partial charge in [-0.2, -0.15) is 5.10 Å². The standard InChI is InChI=1S/C19H19FN4OS/c1-10-5-4-6-13(7-10)19(20)8-24(9-19)18(25)16-15(21)14-11(2)12(3)22-23-17(14)26-16/h4-7H,8-9,21H2,1-3H3. The molecule has 1 amide bonds. The zero-order valence-corrected chi connectivity index (χ0v) is 15.7. The van der Waals surface area contributed by atoms with Crippen molar-refractivity contribution in [2.24, 2.45) is 0 Å². The van der Waals surface area contributed by atoms with Crippen LogP contribution >= 0.6 is 11.3 Å². The average molecular weight is 370 g/mol. The second-order valence-electron chi connectivity index (χ2n) is 6.93. The molecule has 3 aromatic rings. The average Bonchev–Trinajstić information content (AvgIpc) is 2.92. The van der Waals surface area contributed by atoms with Crippen LogP contribution in [0.3, 0.4) is 0 Å². The molecule has 1 aliphatic heterocycles. The minimum absolute atomic E-state index is 0.0344. The first-order valence-electron chi connectivity index (χ1n) is 8.37. The van der Waals surface area contributed by atoms with Gasteiger partial charge < -0.3 is 10.6 Å². The van der Waals surface area contributed by atoms with Gasteiger partial charge in [-0.05, 0) is 31.9 Å². The second kappa shape index (κ2) is 5.74. The molecule has 1 aromatic carbocycles. The summed E-state index contributed by atoms with van der Waals surface area (Å²) in [6.07, 6.45) is 0. The molecule has 0 spiro atoms. The Morgan fingerprint density at radius 2 is 2.00 bits per heavy atom. The quantitative estimate of drug-likeness (QED) is 0.749. The van der Waals surface area contributed by atoms with E-state index < -0.39 is 5.67 Å². The van der Waals surface area contributed by atoms with E-state index in [9.17, 15) is 4.79 Å². The van der Waals surface area contributed by atoms with Gasteiger partial charge in [0.2, 0.25) is 0 Å². The van der Waals surface area contributed by atoms with E-state index in [2.05, 4.69) is 10.2 Å². The number of fused-ring (bicyclic) bond motifs is 1. The van der Waals surface area contributed by atoms with Gasteiger partial charge in [0.15, 0.2) is 5.67 Å². The van der Waals surface area contributed by atoms with Crippen LogP contribution in [0.15, 0.2) is 24.3 Å². The van der Waals surface area contributed by atoms with Gasteiger partial charge in [0.05, 0.1) is 24.5 Å². The third-order valence-electron chi connectivity index (χ3n) is 5.03. The molecule has 2 aromatic heterocycles. The number of rotatable bonds is 2. The first-order chi connectivity index (χ1) is 12.3. The predicted octanol–water partition coefficient (Wildman–Crippen LogP) is 3.52. The lowest BCUT2D eigenvalue weighted by Crippen LogP contribution is -2.58. The molecule has 4 rings (SSSR count). The first-order valence-corrected chi connectivity index (χ1v) is 9.19. The number of nitrogens with zero attached hydrogens (tertiary/aromatic N) is 3. The SMILES string of the molecule is Cc1cccc(C2(F)CN(C(=O)c3sc4nnc(C)c(C)c4c3N)C2)c1. The van der Waals surface area contributed by atoms with Crippen molar-refractivity contribution in [3.63, 3.8) is 0 Å². The van der Waals surface area contributed by atoms with Crippen molar-refractivity contribution < 1.29 is 9.18 Å². The van der Waals surface area contributed by atoms with Gasteiger partial charge in [0.1, 0.15) is 9.71 Å². The molecule has 134 valence electrons. The minimum Gasteiger partial charge on any atom is -0.397 e. The van der Waals surface area contributed by atoms with Crippen LogP contribution in [0.5, 0.6) is 0 Å². The minimum atomic E-state index is -1.50. The number of nitrogen functional groups attached to an aromatic ring is 1. The van der Waals surface area contributed by atoms with E-state index in [4.69, 9.17) is 5.73 Å². The van der Waals surface area contributed by atoms with Gasteiger partial charge in [-0.1, -0.05) is 29.8 Å². The molecule has 2 N–H and O–H groups in total. The van der Waals surface area contributed by atoms with Crippen LogP contribution in [0.1, 0.15) is 32.1 Å². The Balaban J connectivity index is 1.61. The lowest BCUT2D eigenvalue weighted by molar-refractivity contribution is -0.0228. The van der Waals surface area contributed by atoms with Crippen LogP contribution in [0, 0.1) is 20.8 Å². The Morgan fingerprint density at radius 3 is 2.69 bits per heavy atom. The number of benzene rings is 1. The van der Waals surface area contributed by atoms with Gasteiger partial charge in [-0.3, -0.25) is 4.79 Å². The van der Waals surface area contributed by atoms with Crippen LogP contribution in [-0.4, -0.2) is 34.1 Å². The summed E-state index contributed by atoms with van der Waals surface area (Å²) in [7, 11) is 0. The summed E-state index contributed by atoms with van der Waals surface area (Å²) in [6, 6.07) is 7.36. The van der Waals surface area contributed by atoms with Crippen LogP contribution in [0.4, 0.5) is 10.1 Å². The topological polar surface area (TPSA) is 72.1 Å². The van der Waals surface area contributed by atoms with Crippen LogP contribution in [0.25, 0.3) is 10.2 Å². The number of carbonyl (C=O) groups excluding carboxylic acids is 1. The molecular formula is C19H19FN4OS. The number of nitrogens with two attached hydrogens (primary N) is 1. The maximum atomic E-state index is 15.1. The van der Waals surface area contributed by atoms with Gasteiger partial charge >= 0.3 is 0 Å². The van der Waals surface area contributed by atoms with Crippen molar-refractivity contribution in [2.45, 2.75) is 26.4 Å². The summed E-state index contributed by atoms with van der Waals surface area (Å²) in [5, 5.41) is 9.00. The van der Waals surface area contributed by atoms with E-state index in [1.54, 1.807) is 6.07 Å². The Bertz CT molecular complexity index is 1040.